The lowest BCUT2D eigenvalue weighted by Crippen LogP contribution is -2.14. The van der Waals surface area contributed by atoms with Crippen LogP contribution in [0.15, 0.2) is 10.9 Å². The van der Waals surface area contributed by atoms with Crippen LogP contribution in [0.1, 0.15) is 17.9 Å². The normalized spacial score (nSPS) is 11.4. The quantitative estimate of drug-likeness (QED) is 0.735. The van der Waals surface area contributed by atoms with Gasteiger partial charge in [0, 0.05) is 11.8 Å². The Kier molecular flexibility index (Phi) is 1.80. The van der Waals surface area contributed by atoms with Crippen LogP contribution in [0.3, 0.4) is 0 Å². The Bertz CT molecular complexity index is 530. The number of aromatic amines is 1. The van der Waals surface area contributed by atoms with E-state index in [0.29, 0.717) is 5.69 Å². The number of nitrogens with one attached hydrogen (secondary N) is 1. The first-order chi connectivity index (χ1) is 6.58. The van der Waals surface area contributed by atoms with Gasteiger partial charge < -0.3 is 0 Å². The Morgan fingerprint density at radius 3 is 2.86 bits per heavy atom. The lowest BCUT2D eigenvalue weighted by Gasteiger charge is -1.90. The number of alkyl halides is 2. The average molecular weight is 200 g/mol. The Balaban J connectivity index is 2.77. The molecule has 1 N–H and O–H groups in total. The molecule has 0 unspecified atom stereocenters. The molecule has 5 nitrogen and oxygen atoms in total. The summed E-state index contributed by atoms with van der Waals surface area (Å²) in [5.41, 5.74) is -0.00536. The Hall–Kier alpha value is -1.79. The van der Waals surface area contributed by atoms with Crippen LogP contribution in [0.5, 0.6) is 0 Å². The molecule has 2 rings (SSSR count). The van der Waals surface area contributed by atoms with Crippen molar-refractivity contribution in [1.29, 1.82) is 0 Å². The van der Waals surface area contributed by atoms with E-state index in [1.54, 1.807) is 6.92 Å². The summed E-state index contributed by atoms with van der Waals surface area (Å²) in [4.78, 5) is 18.5. The van der Waals surface area contributed by atoms with Crippen LogP contribution in [0.2, 0.25) is 0 Å². The molecule has 14 heavy (non-hydrogen) atoms. The van der Waals surface area contributed by atoms with Gasteiger partial charge in [-0.2, -0.15) is 9.50 Å². The zero-order valence-corrected chi connectivity index (χ0v) is 7.16. The SMILES string of the molecule is Cc1cc(=O)n2[nH]c(C(F)F)nc2n1. The monoisotopic (exact) mass is 200 g/mol. The summed E-state index contributed by atoms with van der Waals surface area (Å²) < 4.78 is 25.3. The fourth-order valence-corrected chi connectivity index (χ4v) is 1.11. The van der Waals surface area contributed by atoms with E-state index in [2.05, 4.69) is 15.1 Å². The maximum absolute atomic E-state index is 12.2. The minimum absolute atomic E-state index is 0.0368. The number of aryl methyl sites for hydroxylation is 1. The molecule has 2 aromatic heterocycles. The molecule has 0 aromatic carbocycles. The van der Waals surface area contributed by atoms with Crippen LogP contribution in [0, 0.1) is 6.92 Å². The maximum Gasteiger partial charge on any atom is 0.296 e. The first kappa shape index (κ1) is 8.79. The second-order valence-electron chi connectivity index (χ2n) is 2.78. The molecule has 0 radical (unpaired) electrons. The first-order valence-electron chi connectivity index (χ1n) is 3.82. The highest BCUT2D eigenvalue weighted by Crippen LogP contribution is 2.13. The Morgan fingerprint density at radius 1 is 1.50 bits per heavy atom. The molecule has 0 atom stereocenters. The molecule has 2 aromatic rings. The summed E-state index contributed by atoms with van der Waals surface area (Å²) in [6.45, 7) is 1.60. The number of fused-ring (bicyclic) bond motifs is 1. The van der Waals surface area contributed by atoms with Gasteiger partial charge in [-0.25, -0.2) is 13.8 Å². The second kappa shape index (κ2) is 2.86. The molecule has 0 aliphatic carbocycles. The van der Waals surface area contributed by atoms with Gasteiger partial charge in [-0.3, -0.25) is 9.89 Å². The zero-order valence-electron chi connectivity index (χ0n) is 7.16. The minimum atomic E-state index is -2.74. The van der Waals surface area contributed by atoms with Gasteiger partial charge in [0.15, 0.2) is 5.82 Å². The van der Waals surface area contributed by atoms with E-state index in [1.165, 1.54) is 6.07 Å². The van der Waals surface area contributed by atoms with E-state index < -0.39 is 17.8 Å². The minimum Gasteiger partial charge on any atom is -0.270 e. The van der Waals surface area contributed by atoms with Gasteiger partial charge in [0.05, 0.1) is 0 Å². The molecule has 0 spiro atoms. The fourth-order valence-electron chi connectivity index (χ4n) is 1.11. The molecular formula is C7H6F2N4O. The number of halogens is 2. The molecule has 0 amide bonds. The van der Waals surface area contributed by atoms with Crippen LogP contribution in [-0.4, -0.2) is 19.6 Å². The highest BCUT2D eigenvalue weighted by Gasteiger charge is 2.14. The zero-order chi connectivity index (χ0) is 10.3. The number of nitrogens with zero attached hydrogens (tertiary/aromatic N) is 3. The molecule has 0 aliphatic rings. The summed E-state index contributed by atoms with van der Waals surface area (Å²) in [5, 5.41) is 2.17. The summed E-state index contributed by atoms with van der Waals surface area (Å²) >= 11 is 0. The van der Waals surface area contributed by atoms with Crippen molar-refractivity contribution < 1.29 is 8.78 Å². The van der Waals surface area contributed by atoms with Crippen LogP contribution < -0.4 is 5.56 Å². The van der Waals surface area contributed by atoms with E-state index >= 15 is 0 Å². The molecule has 0 fully saturated rings. The van der Waals surface area contributed by atoms with E-state index in [1.807, 2.05) is 0 Å². The smallest absolute Gasteiger partial charge is 0.270 e. The maximum atomic E-state index is 12.2. The highest BCUT2D eigenvalue weighted by molar-refractivity contribution is 5.27. The lowest BCUT2D eigenvalue weighted by atomic mass is 10.5. The Labute approximate surface area is 76.4 Å². The molecule has 0 saturated carbocycles. The van der Waals surface area contributed by atoms with Crippen LogP contribution in [0.25, 0.3) is 5.78 Å². The third-order valence-corrected chi connectivity index (χ3v) is 1.68. The fraction of sp³-hybridized carbons (Fsp3) is 0.286. The van der Waals surface area contributed by atoms with Gasteiger partial charge in [-0.1, -0.05) is 0 Å². The van der Waals surface area contributed by atoms with Gasteiger partial charge in [0.25, 0.3) is 17.8 Å². The number of hydrogen-bond acceptors (Lipinski definition) is 3. The molecule has 7 heteroatoms. The van der Waals surface area contributed by atoms with E-state index in [0.717, 1.165) is 4.52 Å². The third kappa shape index (κ3) is 1.26. The lowest BCUT2D eigenvalue weighted by molar-refractivity contribution is 0.140. The van der Waals surface area contributed by atoms with Gasteiger partial charge in [0.2, 0.25) is 0 Å². The van der Waals surface area contributed by atoms with Crippen molar-refractivity contribution in [1.82, 2.24) is 19.6 Å². The molecule has 0 saturated heterocycles. The van der Waals surface area contributed by atoms with Crippen LogP contribution >= 0.6 is 0 Å². The van der Waals surface area contributed by atoms with Gasteiger partial charge in [-0.05, 0) is 6.92 Å². The second-order valence-corrected chi connectivity index (χ2v) is 2.78. The largest absolute Gasteiger partial charge is 0.296 e. The van der Waals surface area contributed by atoms with Gasteiger partial charge in [-0.15, -0.1) is 0 Å². The number of rotatable bonds is 1. The number of aromatic nitrogens is 4. The van der Waals surface area contributed by atoms with Crippen molar-refractivity contribution >= 4 is 5.78 Å². The van der Waals surface area contributed by atoms with E-state index in [-0.39, 0.29) is 5.78 Å². The van der Waals surface area contributed by atoms with Crippen LogP contribution in [0.4, 0.5) is 8.78 Å². The van der Waals surface area contributed by atoms with Crippen LogP contribution in [-0.2, 0) is 0 Å². The Morgan fingerprint density at radius 2 is 2.21 bits per heavy atom. The molecule has 2 heterocycles. The molecule has 0 bridgehead atoms. The summed E-state index contributed by atoms with van der Waals surface area (Å²) in [7, 11) is 0. The predicted octanol–water partition coefficient (Wildman–Crippen LogP) is 0.664. The van der Waals surface area contributed by atoms with Gasteiger partial charge >= 0.3 is 0 Å². The van der Waals surface area contributed by atoms with Crippen molar-refractivity contribution in [3.8, 4) is 0 Å². The van der Waals surface area contributed by atoms with E-state index in [9.17, 15) is 13.6 Å². The first-order valence-corrected chi connectivity index (χ1v) is 3.82. The standard InChI is InChI=1S/C7H6F2N4O/c1-3-2-4(14)13-7(10-3)11-6(12-13)5(8)9/h2,5H,1H3,(H,10,11,12). The molecule has 74 valence electrons. The summed E-state index contributed by atoms with van der Waals surface area (Å²) in [5.74, 6) is -0.592. The van der Waals surface area contributed by atoms with Crippen molar-refractivity contribution in [3.63, 3.8) is 0 Å². The highest BCUT2D eigenvalue weighted by atomic mass is 19.3. The summed E-state index contributed by atoms with van der Waals surface area (Å²) in [6.07, 6.45) is -2.74. The number of hydrogen-bond donors (Lipinski definition) is 1. The third-order valence-electron chi connectivity index (χ3n) is 1.68. The molecule has 0 aliphatic heterocycles. The average Bonchev–Trinajstić information content (AvgIpc) is 2.47. The topological polar surface area (TPSA) is 63.0 Å². The van der Waals surface area contributed by atoms with E-state index in [4.69, 9.17) is 0 Å². The number of H-pyrrole nitrogens is 1. The van der Waals surface area contributed by atoms with Crippen molar-refractivity contribution in [2.45, 2.75) is 13.3 Å². The van der Waals surface area contributed by atoms with Crippen molar-refractivity contribution in [2.75, 3.05) is 0 Å². The predicted molar refractivity (Wildman–Crippen MR) is 43.3 cm³/mol. The molecular weight excluding hydrogens is 194 g/mol. The summed E-state index contributed by atoms with van der Waals surface area (Å²) in [6, 6.07) is 1.24. The van der Waals surface area contributed by atoms with Gasteiger partial charge in [0.1, 0.15) is 0 Å². The van der Waals surface area contributed by atoms with Crippen molar-refractivity contribution in [3.05, 3.63) is 27.9 Å². The van der Waals surface area contributed by atoms with Crippen molar-refractivity contribution in [2.24, 2.45) is 0 Å².